The van der Waals surface area contributed by atoms with Crippen molar-refractivity contribution in [2.75, 3.05) is 37.7 Å². The van der Waals surface area contributed by atoms with E-state index in [0.29, 0.717) is 44.3 Å². The van der Waals surface area contributed by atoms with Crippen molar-refractivity contribution in [1.82, 2.24) is 15.0 Å². The van der Waals surface area contributed by atoms with Crippen LogP contribution in [0.3, 0.4) is 0 Å². The summed E-state index contributed by atoms with van der Waals surface area (Å²) in [5, 5.41) is 5.97. The fourth-order valence-corrected chi connectivity index (χ4v) is 4.08. The highest BCUT2D eigenvalue weighted by Gasteiger charge is 2.23. The van der Waals surface area contributed by atoms with E-state index in [4.69, 9.17) is 9.26 Å². The standard InChI is InChI=1S/C21H24N4O3S/c1-2-27-17-7-4-3-6-16(17)24-11-13-25(14-12-24)20(26)10-9-19-22-21(23-28-19)18-8-5-15-29-18/h3-8,15H,2,9-14H2,1H3. The summed E-state index contributed by atoms with van der Waals surface area (Å²) in [6.45, 7) is 5.60. The number of rotatable bonds is 7. The minimum absolute atomic E-state index is 0.124. The summed E-state index contributed by atoms with van der Waals surface area (Å²) >= 11 is 1.56. The lowest BCUT2D eigenvalue weighted by Gasteiger charge is -2.36. The zero-order valence-corrected chi connectivity index (χ0v) is 17.2. The fraction of sp³-hybridized carbons (Fsp3) is 0.381. The number of aryl methyl sites for hydroxylation is 1. The summed E-state index contributed by atoms with van der Waals surface area (Å²) in [6, 6.07) is 12.0. The van der Waals surface area contributed by atoms with Crippen molar-refractivity contribution in [2.24, 2.45) is 0 Å². The number of aromatic nitrogens is 2. The van der Waals surface area contributed by atoms with E-state index < -0.39 is 0 Å². The molecular weight excluding hydrogens is 388 g/mol. The van der Waals surface area contributed by atoms with Crippen molar-refractivity contribution in [3.05, 3.63) is 47.7 Å². The Morgan fingerprint density at radius 1 is 1.17 bits per heavy atom. The van der Waals surface area contributed by atoms with E-state index >= 15 is 0 Å². The fourth-order valence-electron chi connectivity index (χ4n) is 3.43. The van der Waals surface area contributed by atoms with Crippen LogP contribution in [0.15, 0.2) is 46.3 Å². The number of amides is 1. The molecular formula is C21H24N4O3S. The monoisotopic (exact) mass is 412 g/mol. The largest absolute Gasteiger partial charge is 0.492 e. The molecule has 1 saturated heterocycles. The van der Waals surface area contributed by atoms with Crippen molar-refractivity contribution < 1.29 is 14.1 Å². The normalized spacial score (nSPS) is 14.2. The molecule has 3 heterocycles. The Kier molecular flexibility index (Phi) is 6.09. The van der Waals surface area contributed by atoms with Crippen molar-refractivity contribution in [3.8, 4) is 16.5 Å². The van der Waals surface area contributed by atoms with Crippen LogP contribution in [0.4, 0.5) is 5.69 Å². The first-order valence-electron chi connectivity index (χ1n) is 9.85. The molecule has 0 atom stereocenters. The predicted molar refractivity (Wildman–Crippen MR) is 112 cm³/mol. The maximum Gasteiger partial charge on any atom is 0.227 e. The minimum Gasteiger partial charge on any atom is -0.492 e. The summed E-state index contributed by atoms with van der Waals surface area (Å²) in [7, 11) is 0. The molecule has 0 bridgehead atoms. The second-order valence-electron chi connectivity index (χ2n) is 6.76. The average molecular weight is 413 g/mol. The molecule has 8 heteroatoms. The van der Waals surface area contributed by atoms with Gasteiger partial charge in [0.25, 0.3) is 0 Å². The Balaban J connectivity index is 1.28. The van der Waals surface area contributed by atoms with Gasteiger partial charge in [0.15, 0.2) is 0 Å². The molecule has 2 aromatic heterocycles. The second kappa shape index (κ2) is 9.09. The van der Waals surface area contributed by atoms with Crippen LogP contribution in [0.1, 0.15) is 19.2 Å². The van der Waals surface area contributed by atoms with Gasteiger partial charge in [-0.3, -0.25) is 4.79 Å². The number of para-hydroxylation sites is 2. The lowest BCUT2D eigenvalue weighted by atomic mass is 10.2. The van der Waals surface area contributed by atoms with Crippen LogP contribution in [-0.2, 0) is 11.2 Å². The number of hydrogen-bond acceptors (Lipinski definition) is 7. The first-order chi connectivity index (χ1) is 14.2. The zero-order chi connectivity index (χ0) is 20.1. The van der Waals surface area contributed by atoms with E-state index in [1.807, 2.05) is 47.5 Å². The number of anilines is 1. The Labute approximate surface area is 173 Å². The van der Waals surface area contributed by atoms with Crippen LogP contribution in [0.2, 0.25) is 0 Å². The third-order valence-corrected chi connectivity index (χ3v) is 5.77. The van der Waals surface area contributed by atoms with Gasteiger partial charge < -0.3 is 19.1 Å². The van der Waals surface area contributed by atoms with E-state index in [-0.39, 0.29) is 5.91 Å². The number of nitrogens with zero attached hydrogens (tertiary/aromatic N) is 4. The van der Waals surface area contributed by atoms with Gasteiger partial charge in [0.1, 0.15) is 5.75 Å². The highest BCUT2D eigenvalue weighted by atomic mass is 32.1. The molecule has 3 aromatic rings. The molecule has 29 heavy (non-hydrogen) atoms. The smallest absolute Gasteiger partial charge is 0.227 e. The predicted octanol–water partition coefficient (Wildman–Crippen LogP) is 3.48. The number of hydrogen-bond donors (Lipinski definition) is 0. The molecule has 1 aromatic carbocycles. The van der Waals surface area contributed by atoms with E-state index in [9.17, 15) is 4.79 Å². The van der Waals surface area contributed by atoms with Crippen molar-refractivity contribution >= 4 is 22.9 Å². The van der Waals surface area contributed by atoms with Crippen LogP contribution in [0, 0.1) is 0 Å². The number of benzene rings is 1. The number of piperazine rings is 1. The van der Waals surface area contributed by atoms with Crippen LogP contribution < -0.4 is 9.64 Å². The molecule has 1 amide bonds. The first-order valence-corrected chi connectivity index (χ1v) is 10.7. The van der Waals surface area contributed by atoms with Gasteiger partial charge in [0.05, 0.1) is 17.2 Å². The molecule has 152 valence electrons. The minimum atomic E-state index is 0.124. The third-order valence-electron chi connectivity index (χ3n) is 4.90. The molecule has 0 radical (unpaired) electrons. The number of thiophene rings is 1. The van der Waals surface area contributed by atoms with Gasteiger partial charge >= 0.3 is 0 Å². The molecule has 4 rings (SSSR count). The maximum atomic E-state index is 12.6. The SMILES string of the molecule is CCOc1ccccc1N1CCN(C(=O)CCc2nc(-c3cccs3)no2)CC1. The third kappa shape index (κ3) is 4.59. The second-order valence-corrected chi connectivity index (χ2v) is 7.71. The van der Waals surface area contributed by atoms with Crippen LogP contribution in [0.25, 0.3) is 10.7 Å². The highest BCUT2D eigenvalue weighted by Crippen LogP contribution is 2.29. The molecule has 1 aliphatic rings. The lowest BCUT2D eigenvalue weighted by Crippen LogP contribution is -2.49. The summed E-state index contributed by atoms with van der Waals surface area (Å²) in [5.74, 6) is 2.11. The van der Waals surface area contributed by atoms with Gasteiger partial charge in [-0.05, 0) is 30.5 Å². The van der Waals surface area contributed by atoms with Crippen molar-refractivity contribution in [1.29, 1.82) is 0 Å². The van der Waals surface area contributed by atoms with Crippen LogP contribution in [-0.4, -0.2) is 53.7 Å². The summed E-state index contributed by atoms with van der Waals surface area (Å²) in [5.41, 5.74) is 1.09. The molecule has 1 fully saturated rings. The average Bonchev–Trinajstić information content (AvgIpc) is 3.45. The molecule has 0 saturated carbocycles. The Bertz CT molecular complexity index is 933. The molecule has 1 aliphatic heterocycles. The Morgan fingerprint density at radius 3 is 2.76 bits per heavy atom. The van der Waals surface area contributed by atoms with Gasteiger partial charge in [0, 0.05) is 39.0 Å². The van der Waals surface area contributed by atoms with Crippen LogP contribution in [0.5, 0.6) is 5.75 Å². The van der Waals surface area contributed by atoms with Gasteiger partial charge in [-0.2, -0.15) is 4.98 Å². The van der Waals surface area contributed by atoms with Gasteiger partial charge in [-0.25, -0.2) is 0 Å². The van der Waals surface area contributed by atoms with Gasteiger partial charge in [-0.15, -0.1) is 11.3 Å². The maximum absolute atomic E-state index is 12.6. The Hall–Kier alpha value is -2.87. The van der Waals surface area contributed by atoms with Gasteiger partial charge in [-0.1, -0.05) is 23.4 Å². The summed E-state index contributed by atoms with van der Waals surface area (Å²) in [4.78, 5) is 22.2. The molecule has 7 nitrogen and oxygen atoms in total. The Morgan fingerprint density at radius 2 is 2.00 bits per heavy atom. The van der Waals surface area contributed by atoms with Crippen LogP contribution >= 0.6 is 11.3 Å². The number of carbonyl (C=O) groups excluding carboxylic acids is 1. The van der Waals surface area contributed by atoms with Gasteiger partial charge in [0.2, 0.25) is 17.6 Å². The quantitative estimate of drug-likeness (QED) is 0.592. The number of ether oxygens (including phenoxy) is 1. The first kappa shape index (κ1) is 19.4. The highest BCUT2D eigenvalue weighted by molar-refractivity contribution is 7.13. The lowest BCUT2D eigenvalue weighted by molar-refractivity contribution is -0.131. The van der Waals surface area contributed by atoms with Crippen molar-refractivity contribution in [3.63, 3.8) is 0 Å². The molecule has 0 N–H and O–H groups in total. The molecule has 0 spiro atoms. The topological polar surface area (TPSA) is 71.7 Å². The number of carbonyl (C=O) groups is 1. The van der Waals surface area contributed by atoms with Crippen molar-refractivity contribution in [2.45, 2.75) is 19.8 Å². The summed E-state index contributed by atoms with van der Waals surface area (Å²) in [6.07, 6.45) is 0.839. The van der Waals surface area contributed by atoms with E-state index in [1.54, 1.807) is 11.3 Å². The van der Waals surface area contributed by atoms with E-state index in [2.05, 4.69) is 21.1 Å². The zero-order valence-electron chi connectivity index (χ0n) is 16.4. The molecule has 0 unspecified atom stereocenters. The summed E-state index contributed by atoms with van der Waals surface area (Å²) < 4.78 is 11.0. The van der Waals surface area contributed by atoms with E-state index in [0.717, 1.165) is 29.4 Å². The molecule has 0 aliphatic carbocycles. The van der Waals surface area contributed by atoms with E-state index in [1.165, 1.54) is 0 Å².